The van der Waals surface area contributed by atoms with Gasteiger partial charge in [0.15, 0.2) is 0 Å². The van der Waals surface area contributed by atoms with Crippen LogP contribution in [0, 0.1) is 0 Å². The van der Waals surface area contributed by atoms with Crippen molar-refractivity contribution < 1.29 is 0 Å². The summed E-state index contributed by atoms with van der Waals surface area (Å²) in [6.07, 6.45) is 3.86. The van der Waals surface area contributed by atoms with E-state index in [1.54, 1.807) is 0 Å². The number of thiocarbonyl (C=S) groups is 1. The Balaban J connectivity index is 0.000000810. The Morgan fingerprint density at radius 3 is 2.00 bits per heavy atom. The molecule has 0 aromatic carbocycles. The number of rotatable bonds is 0. The van der Waals surface area contributed by atoms with E-state index in [9.17, 15) is 0 Å². The average molecular weight is 178 g/mol. The van der Waals surface area contributed by atoms with Crippen LogP contribution in [0.4, 0.5) is 0 Å². The lowest BCUT2D eigenvalue weighted by atomic mass is 10.1. The molecule has 2 nitrogen and oxygen atoms in total. The summed E-state index contributed by atoms with van der Waals surface area (Å²) in [6, 6.07) is 0. The van der Waals surface area contributed by atoms with Crippen molar-refractivity contribution in [3.05, 3.63) is 0 Å². The molecule has 60 valence electrons. The highest BCUT2D eigenvalue weighted by Gasteiger charge is 2.05. The Bertz CT molecular complexity index is 110. The van der Waals surface area contributed by atoms with Gasteiger partial charge in [0, 0.05) is 13.1 Å². The number of hydrogen-bond donors (Lipinski definition) is 1. The first-order chi connectivity index (χ1) is 4.30. The predicted octanol–water partition coefficient (Wildman–Crippen LogP) is 1.68. The molecular weight excluding hydrogens is 164 g/mol. The molecule has 0 spiro atoms. The molecule has 1 saturated heterocycles. The van der Waals surface area contributed by atoms with Crippen LogP contribution in [0.2, 0.25) is 0 Å². The molecular formula is C6H14N2S2. The summed E-state index contributed by atoms with van der Waals surface area (Å²) in [5.74, 6) is 0. The van der Waals surface area contributed by atoms with Crippen molar-refractivity contribution in [3.63, 3.8) is 0 Å². The number of piperidine rings is 1. The van der Waals surface area contributed by atoms with Gasteiger partial charge >= 0.3 is 0 Å². The summed E-state index contributed by atoms with van der Waals surface area (Å²) < 4.78 is 0.648. The van der Waals surface area contributed by atoms with Crippen LogP contribution in [0.25, 0.3) is 0 Å². The Morgan fingerprint density at radius 2 is 1.70 bits per heavy atom. The fourth-order valence-electron chi connectivity index (χ4n) is 1.08. The first kappa shape index (κ1) is 10.1. The van der Waals surface area contributed by atoms with Gasteiger partial charge in [0.25, 0.3) is 0 Å². The summed E-state index contributed by atoms with van der Waals surface area (Å²) in [5.41, 5.74) is 0. The van der Waals surface area contributed by atoms with E-state index >= 15 is 0 Å². The summed E-state index contributed by atoms with van der Waals surface area (Å²) in [5, 5.41) is 0. The molecule has 4 heteroatoms. The summed E-state index contributed by atoms with van der Waals surface area (Å²) in [4.78, 5) is 2.11. The molecule has 1 fully saturated rings. The molecule has 0 aromatic heterocycles. The molecule has 0 atom stereocenters. The van der Waals surface area contributed by atoms with Gasteiger partial charge in [0.1, 0.15) is 0 Å². The third kappa shape index (κ3) is 2.77. The van der Waals surface area contributed by atoms with Crippen molar-refractivity contribution in [2.75, 3.05) is 13.1 Å². The van der Waals surface area contributed by atoms with Gasteiger partial charge in [-0.2, -0.15) is 0 Å². The van der Waals surface area contributed by atoms with Gasteiger partial charge in [0.05, 0.1) is 0 Å². The van der Waals surface area contributed by atoms with Crippen molar-refractivity contribution in [2.45, 2.75) is 19.3 Å². The van der Waals surface area contributed by atoms with Crippen LogP contribution in [-0.2, 0) is 12.6 Å². The number of likely N-dealkylation sites (tertiary alicyclic amines) is 1. The van der Waals surface area contributed by atoms with Gasteiger partial charge in [-0.05, 0) is 19.3 Å². The minimum atomic E-state index is 0. The third-order valence-electron chi connectivity index (χ3n) is 1.61. The van der Waals surface area contributed by atoms with Crippen LogP contribution in [0.15, 0.2) is 0 Å². The quantitative estimate of drug-likeness (QED) is 0.453. The average Bonchev–Trinajstić information content (AvgIpc) is 1.90. The highest BCUT2D eigenvalue weighted by Crippen LogP contribution is 2.08. The molecule has 0 bridgehead atoms. The molecule has 0 aromatic rings. The molecule has 0 aliphatic carbocycles. The predicted molar refractivity (Wildman–Crippen MR) is 51.4 cm³/mol. The zero-order valence-electron chi connectivity index (χ0n) is 6.30. The minimum absolute atomic E-state index is 0. The molecule has 0 radical (unpaired) electrons. The molecule has 0 unspecified atom stereocenters. The summed E-state index contributed by atoms with van der Waals surface area (Å²) in [6.45, 7) is 2.17. The van der Waals surface area contributed by atoms with Crippen molar-refractivity contribution in [3.8, 4) is 0 Å². The lowest BCUT2D eigenvalue weighted by Crippen LogP contribution is -2.32. The Kier molecular flexibility index (Phi) is 4.85. The van der Waals surface area contributed by atoms with E-state index in [-0.39, 0.29) is 6.15 Å². The SMILES string of the molecule is S=C([S-])N1CCCCC1.[NH4+]. The van der Waals surface area contributed by atoms with Gasteiger partial charge < -0.3 is 35.9 Å². The monoisotopic (exact) mass is 178 g/mol. The van der Waals surface area contributed by atoms with E-state index in [4.69, 9.17) is 24.8 Å². The van der Waals surface area contributed by atoms with Crippen molar-refractivity contribution in [1.29, 1.82) is 0 Å². The second kappa shape index (κ2) is 4.82. The van der Waals surface area contributed by atoms with Gasteiger partial charge in [-0.15, -0.1) is 0 Å². The second-order valence-corrected chi connectivity index (χ2v) is 3.35. The fraction of sp³-hybridized carbons (Fsp3) is 0.833. The normalized spacial score (nSPS) is 17.8. The van der Waals surface area contributed by atoms with E-state index in [0.29, 0.717) is 4.32 Å². The van der Waals surface area contributed by atoms with Crippen LogP contribution in [0.5, 0.6) is 0 Å². The molecule has 1 aliphatic heterocycles. The van der Waals surface area contributed by atoms with Crippen LogP contribution >= 0.6 is 12.2 Å². The van der Waals surface area contributed by atoms with Gasteiger partial charge in [0.2, 0.25) is 0 Å². The number of nitrogens with zero attached hydrogens (tertiary/aromatic N) is 1. The van der Waals surface area contributed by atoms with E-state index in [1.165, 1.54) is 19.3 Å². The zero-order chi connectivity index (χ0) is 6.69. The molecule has 10 heavy (non-hydrogen) atoms. The van der Waals surface area contributed by atoms with Crippen LogP contribution in [0.3, 0.4) is 0 Å². The first-order valence-electron chi connectivity index (χ1n) is 3.26. The van der Waals surface area contributed by atoms with Crippen molar-refractivity contribution in [1.82, 2.24) is 11.1 Å². The Morgan fingerprint density at radius 1 is 1.20 bits per heavy atom. The van der Waals surface area contributed by atoms with Gasteiger partial charge in [-0.3, -0.25) is 0 Å². The molecule has 1 aliphatic rings. The van der Waals surface area contributed by atoms with Crippen LogP contribution < -0.4 is 6.15 Å². The van der Waals surface area contributed by atoms with E-state index in [1.807, 2.05) is 0 Å². The van der Waals surface area contributed by atoms with Crippen molar-refractivity contribution in [2.24, 2.45) is 0 Å². The zero-order valence-corrected chi connectivity index (χ0v) is 7.93. The number of hydrogen-bond acceptors (Lipinski definition) is 2. The molecule has 0 amide bonds. The molecule has 1 heterocycles. The first-order valence-corrected chi connectivity index (χ1v) is 4.08. The second-order valence-electron chi connectivity index (χ2n) is 2.31. The lowest BCUT2D eigenvalue weighted by Gasteiger charge is -2.31. The lowest BCUT2D eigenvalue weighted by molar-refractivity contribution is 0.352. The fourth-order valence-corrected chi connectivity index (χ4v) is 1.44. The maximum atomic E-state index is 4.86. The van der Waals surface area contributed by atoms with Gasteiger partial charge in [-0.1, -0.05) is 4.32 Å². The van der Waals surface area contributed by atoms with Crippen molar-refractivity contribution >= 4 is 29.2 Å². The number of quaternary nitrogens is 1. The summed E-state index contributed by atoms with van der Waals surface area (Å²) >= 11 is 9.71. The molecule has 1 rings (SSSR count). The molecule has 4 N–H and O–H groups in total. The highest BCUT2D eigenvalue weighted by atomic mass is 32.1. The molecule has 0 saturated carbocycles. The van der Waals surface area contributed by atoms with E-state index in [0.717, 1.165) is 13.1 Å². The van der Waals surface area contributed by atoms with E-state index in [2.05, 4.69) is 4.90 Å². The topological polar surface area (TPSA) is 39.7 Å². The minimum Gasteiger partial charge on any atom is -0.411 e. The maximum absolute atomic E-state index is 4.86. The van der Waals surface area contributed by atoms with E-state index < -0.39 is 0 Å². The largest absolute Gasteiger partial charge is 0.411 e. The Labute approximate surface area is 73.0 Å². The van der Waals surface area contributed by atoms with Crippen LogP contribution in [0.1, 0.15) is 19.3 Å². The maximum Gasteiger partial charge on any atom is 0.0162 e. The highest BCUT2D eigenvalue weighted by molar-refractivity contribution is 8.00. The standard InChI is InChI=1S/C6H11NS2.H3N/c8-6(9)7-4-2-1-3-5-7;/h1-5H2,(H,8,9);1H3. The third-order valence-corrected chi connectivity index (χ3v) is 2.13. The van der Waals surface area contributed by atoms with Crippen LogP contribution in [-0.4, -0.2) is 22.3 Å². The Hall–Kier alpha value is 0.0700. The smallest absolute Gasteiger partial charge is 0.0162 e. The summed E-state index contributed by atoms with van der Waals surface area (Å²) in [7, 11) is 0. The van der Waals surface area contributed by atoms with Gasteiger partial charge in [-0.25, -0.2) is 0 Å².